The summed E-state index contributed by atoms with van der Waals surface area (Å²) in [6.45, 7) is 0.483. The molecule has 0 heterocycles. The highest BCUT2D eigenvalue weighted by Gasteiger charge is 2.15. The summed E-state index contributed by atoms with van der Waals surface area (Å²) >= 11 is 0. The third-order valence-electron chi connectivity index (χ3n) is 3.12. The lowest BCUT2D eigenvalue weighted by atomic mass is 10.1. The van der Waals surface area contributed by atoms with Crippen molar-refractivity contribution < 1.29 is 9.32 Å². The Morgan fingerprint density at radius 1 is 1.41 bits per heavy atom. The van der Waals surface area contributed by atoms with Crippen LogP contribution in [0, 0.1) is 0 Å². The average molecular weight is 253 g/mol. The number of aliphatic hydroxyl groups is 1. The van der Waals surface area contributed by atoms with E-state index in [9.17, 15) is 9.32 Å². The molecule has 2 unspecified atom stereocenters. The Labute approximate surface area is 105 Å². The van der Waals surface area contributed by atoms with Crippen LogP contribution in [-0.4, -0.2) is 34.8 Å². The van der Waals surface area contributed by atoms with E-state index in [2.05, 4.69) is 11.4 Å². The van der Waals surface area contributed by atoms with Gasteiger partial charge in [-0.25, -0.2) is 0 Å². The van der Waals surface area contributed by atoms with Crippen molar-refractivity contribution in [3.8, 4) is 0 Å². The predicted octanol–water partition coefficient (Wildman–Crippen LogP) is 0.863. The number of hydrogen-bond acceptors (Lipinski definition) is 3. The van der Waals surface area contributed by atoms with Crippen molar-refractivity contribution >= 4 is 10.8 Å². The summed E-state index contributed by atoms with van der Waals surface area (Å²) in [7, 11) is 0.682. The highest BCUT2D eigenvalue weighted by molar-refractivity contribution is 7.85. The van der Waals surface area contributed by atoms with Crippen LogP contribution in [0.3, 0.4) is 0 Å². The van der Waals surface area contributed by atoms with Crippen molar-refractivity contribution in [2.75, 3.05) is 19.3 Å². The van der Waals surface area contributed by atoms with Crippen molar-refractivity contribution in [1.82, 2.24) is 5.32 Å². The molecule has 2 N–H and O–H groups in total. The van der Waals surface area contributed by atoms with Crippen LogP contribution in [0.25, 0.3) is 0 Å². The van der Waals surface area contributed by atoms with Crippen LogP contribution in [0.1, 0.15) is 17.5 Å². The van der Waals surface area contributed by atoms with Gasteiger partial charge in [0.05, 0.1) is 22.7 Å². The number of fused-ring (bicyclic) bond motifs is 1. The second-order valence-corrected chi connectivity index (χ2v) is 6.00. The Kier molecular flexibility index (Phi) is 4.31. The van der Waals surface area contributed by atoms with E-state index in [1.165, 1.54) is 17.5 Å². The Bertz CT molecular complexity index is 420. The van der Waals surface area contributed by atoms with E-state index >= 15 is 0 Å². The summed E-state index contributed by atoms with van der Waals surface area (Å²) < 4.78 is 12.1. The van der Waals surface area contributed by atoms with Crippen LogP contribution < -0.4 is 5.32 Å². The minimum Gasteiger partial charge on any atom is -0.391 e. The summed E-state index contributed by atoms with van der Waals surface area (Å²) in [5.74, 6) is 0.305. The van der Waals surface area contributed by atoms with Gasteiger partial charge in [0.15, 0.2) is 0 Å². The first-order valence-corrected chi connectivity index (χ1v) is 7.35. The first-order valence-electron chi connectivity index (χ1n) is 6.03. The fraction of sp³-hybridized carbons (Fsp3) is 0.538. The Balaban J connectivity index is 2.04. The van der Waals surface area contributed by atoms with Gasteiger partial charge in [0, 0.05) is 11.4 Å². The number of likely N-dealkylation sites (N-methyl/N-ethyl adjacent to an activating group) is 1. The molecule has 1 aliphatic carbocycles. The molecule has 0 aromatic heterocycles. The fourth-order valence-corrected chi connectivity index (χ4v) is 3.41. The van der Waals surface area contributed by atoms with Gasteiger partial charge in [0.1, 0.15) is 0 Å². The van der Waals surface area contributed by atoms with E-state index in [0.29, 0.717) is 12.3 Å². The number of hydrogen-bond donors (Lipinski definition) is 2. The zero-order chi connectivity index (χ0) is 12.3. The Hall–Kier alpha value is -0.710. The van der Waals surface area contributed by atoms with Crippen LogP contribution in [0.4, 0.5) is 0 Å². The van der Waals surface area contributed by atoms with Crippen molar-refractivity contribution in [1.29, 1.82) is 0 Å². The summed E-state index contributed by atoms with van der Waals surface area (Å²) in [5.41, 5.74) is 2.72. The maximum atomic E-state index is 12.1. The minimum atomic E-state index is -1.10. The molecular formula is C13H19NO2S. The molecular weight excluding hydrogens is 234 g/mol. The van der Waals surface area contributed by atoms with Crippen molar-refractivity contribution in [2.45, 2.75) is 30.3 Å². The third kappa shape index (κ3) is 3.15. The molecule has 1 aromatic carbocycles. The Morgan fingerprint density at radius 2 is 2.18 bits per heavy atom. The van der Waals surface area contributed by atoms with Gasteiger partial charge in [0.25, 0.3) is 0 Å². The molecule has 0 fully saturated rings. The molecule has 0 saturated heterocycles. The normalized spacial score (nSPS) is 17.8. The van der Waals surface area contributed by atoms with E-state index in [4.69, 9.17) is 0 Å². The summed E-state index contributed by atoms with van der Waals surface area (Å²) in [5, 5.41) is 12.5. The largest absolute Gasteiger partial charge is 0.391 e. The second kappa shape index (κ2) is 5.76. The monoisotopic (exact) mass is 253 g/mol. The van der Waals surface area contributed by atoms with Crippen LogP contribution in [0.2, 0.25) is 0 Å². The van der Waals surface area contributed by atoms with Gasteiger partial charge >= 0.3 is 0 Å². The lowest BCUT2D eigenvalue weighted by Crippen LogP contribution is -2.28. The quantitative estimate of drug-likeness (QED) is 0.818. The molecule has 2 rings (SSSR count). The fourth-order valence-electron chi connectivity index (χ4n) is 2.26. The Morgan fingerprint density at radius 3 is 2.94 bits per heavy atom. The van der Waals surface area contributed by atoms with Gasteiger partial charge in [0.2, 0.25) is 0 Å². The SMILES string of the molecule is CNCC(O)CS(=O)c1ccc2c(c1)CCC2. The number of nitrogens with one attached hydrogen (secondary N) is 1. The maximum absolute atomic E-state index is 12.1. The number of aliphatic hydroxyl groups excluding tert-OH is 1. The number of rotatable bonds is 5. The first kappa shape index (κ1) is 12.7. The van der Waals surface area contributed by atoms with Gasteiger partial charge in [-0.05, 0) is 49.6 Å². The number of aryl methyl sites for hydroxylation is 2. The van der Waals surface area contributed by atoms with Crippen molar-refractivity contribution in [2.24, 2.45) is 0 Å². The molecule has 17 heavy (non-hydrogen) atoms. The molecule has 1 aliphatic rings. The lowest BCUT2D eigenvalue weighted by Gasteiger charge is -2.10. The molecule has 94 valence electrons. The molecule has 0 saturated carbocycles. The van der Waals surface area contributed by atoms with Crippen LogP contribution >= 0.6 is 0 Å². The van der Waals surface area contributed by atoms with E-state index in [0.717, 1.165) is 17.7 Å². The average Bonchev–Trinajstić information content (AvgIpc) is 2.75. The van der Waals surface area contributed by atoms with E-state index in [-0.39, 0.29) is 0 Å². The van der Waals surface area contributed by atoms with E-state index in [1.54, 1.807) is 7.05 Å². The first-order chi connectivity index (χ1) is 8.20. The summed E-state index contributed by atoms with van der Waals surface area (Å²) in [6, 6.07) is 6.07. The lowest BCUT2D eigenvalue weighted by molar-refractivity contribution is 0.198. The molecule has 1 aromatic rings. The maximum Gasteiger partial charge on any atom is 0.0783 e. The topological polar surface area (TPSA) is 49.3 Å². The van der Waals surface area contributed by atoms with Gasteiger partial charge in [-0.15, -0.1) is 0 Å². The molecule has 0 bridgehead atoms. The highest BCUT2D eigenvalue weighted by atomic mass is 32.2. The van der Waals surface area contributed by atoms with Crippen LogP contribution in [-0.2, 0) is 23.6 Å². The molecule has 3 nitrogen and oxygen atoms in total. The molecule has 0 aliphatic heterocycles. The molecule has 0 amide bonds. The molecule has 2 atom stereocenters. The zero-order valence-electron chi connectivity index (χ0n) is 10.1. The standard InChI is InChI=1S/C13H19NO2S/c1-14-8-12(15)9-17(16)13-6-5-10-3-2-4-11(10)7-13/h5-7,12,14-15H,2-4,8-9H2,1H3. The van der Waals surface area contributed by atoms with Gasteiger partial charge in [-0.1, -0.05) is 6.07 Å². The van der Waals surface area contributed by atoms with E-state index < -0.39 is 16.9 Å². The third-order valence-corrected chi connectivity index (χ3v) is 4.58. The zero-order valence-corrected chi connectivity index (χ0v) is 10.9. The van der Waals surface area contributed by atoms with Crippen molar-refractivity contribution in [3.05, 3.63) is 29.3 Å². The molecule has 0 radical (unpaired) electrons. The van der Waals surface area contributed by atoms with Gasteiger partial charge < -0.3 is 10.4 Å². The smallest absolute Gasteiger partial charge is 0.0783 e. The van der Waals surface area contributed by atoms with Crippen molar-refractivity contribution in [3.63, 3.8) is 0 Å². The highest BCUT2D eigenvalue weighted by Crippen LogP contribution is 2.24. The molecule has 0 spiro atoms. The minimum absolute atomic E-state index is 0.305. The summed E-state index contributed by atoms with van der Waals surface area (Å²) in [4.78, 5) is 0.848. The van der Waals surface area contributed by atoms with Crippen LogP contribution in [0.5, 0.6) is 0 Å². The predicted molar refractivity (Wildman–Crippen MR) is 69.7 cm³/mol. The van der Waals surface area contributed by atoms with Crippen LogP contribution in [0.15, 0.2) is 23.1 Å². The second-order valence-electron chi connectivity index (χ2n) is 4.51. The molecule has 4 heteroatoms. The van der Waals surface area contributed by atoms with E-state index in [1.807, 2.05) is 12.1 Å². The van der Waals surface area contributed by atoms with Gasteiger partial charge in [-0.3, -0.25) is 4.21 Å². The number of benzene rings is 1. The summed E-state index contributed by atoms with van der Waals surface area (Å²) in [6.07, 6.45) is 2.90. The van der Waals surface area contributed by atoms with Gasteiger partial charge in [-0.2, -0.15) is 0 Å².